The molecule has 5 nitrogen and oxygen atoms in total. The molecule has 0 aromatic rings. The van der Waals surface area contributed by atoms with E-state index >= 15 is 0 Å². The highest BCUT2D eigenvalue weighted by atomic mass is 16.5. The van der Waals surface area contributed by atoms with Crippen molar-refractivity contribution in [3.8, 4) is 0 Å². The average Bonchev–Trinajstić information content (AvgIpc) is 2.88. The second kappa shape index (κ2) is 6.71. The summed E-state index contributed by atoms with van der Waals surface area (Å²) in [5.41, 5.74) is 6.37. The van der Waals surface area contributed by atoms with E-state index in [0.29, 0.717) is 6.04 Å². The normalized spacial score (nSPS) is 38.0. The Morgan fingerprint density at radius 3 is 2.60 bits per heavy atom. The molecular formula is C15H29N3O2. The Kier molecular flexibility index (Phi) is 4.94. The Balaban J connectivity index is 1.62. The monoisotopic (exact) mass is 283 g/mol. The van der Waals surface area contributed by atoms with Gasteiger partial charge in [-0.2, -0.15) is 0 Å². The van der Waals surface area contributed by atoms with Crippen molar-refractivity contribution in [1.29, 1.82) is 0 Å². The Hall–Kier alpha value is -0.200. The molecule has 0 amide bonds. The minimum Gasteiger partial charge on any atom is -0.381 e. The maximum atomic E-state index is 6.18. The van der Waals surface area contributed by atoms with Crippen molar-refractivity contribution >= 4 is 0 Å². The van der Waals surface area contributed by atoms with E-state index in [9.17, 15) is 0 Å². The van der Waals surface area contributed by atoms with Crippen LogP contribution in [0.25, 0.3) is 0 Å². The molecule has 5 heteroatoms. The number of ether oxygens (including phenoxy) is 2. The zero-order valence-corrected chi connectivity index (χ0v) is 12.6. The summed E-state index contributed by atoms with van der Waals surface area (Å²) in [4.78, 5) is 5.28. The topological polar surface area (TPSA) is 51.0 Å². The zero-order chi connectivity index (χ0) is 13.8. The highest BCUT2D eigenvalue weighted by molar-refractivity contribution is 4.98. The Bertz CT molecular complexity index is 299. The Morgan fingerprint density at radius 2 is 1.80 bits per heavy atom. The third-order valence-electron chi connectivity index (χ3n) is 5.42. The standard InChI is InChI=1S/C15H29N3O2/c16-13-15(3-1-8-19-9-4-15)18-5-2-14(12-18)17-6-10-20-11-7-17/h14H,1-13,16H2. The van der Waals surface area contributed by atoms with Gasteiger partial charge in [-0.3, -0.25) is 9.80 Å². The van der Waals surface area contributed by atoms with Gasteiger partial charge in [0, 0.05) is 57.5 Å². The number of nitrogens with zero attached hydrogens (tertiary/aromatic N) is 2. The maximum Gasteiger partial charge on any atom is 0.0594 e. The molecular weight excluding hydrogens is 254 g/mol. The van der Waals surface area contributed by atoms with Crippen LogP contribution in [0.3, 0.4) is 0 Å². The smallest absolute Gasteiger partial charge is 0.0594 e. The van der Waals surface area contributed by atoms with E-state index in [1.807, 2.05) is 0 Å². The fraction of sp³-hybridized carbons (Fsp3) is 1.00. The summed E-state index contributed by atoms with van der Waals surface area (Å²) < 4.78 is 11.1. The molecule has 0 aliphatic carbocycles. The molecule has 0 aromatic carbocycles. The van der Waals surface area contributed by atoms with Crippen LogP contribution >= 0.6 is 0 Å². The van der Waals surface area contributed by atoms with Crippen LogP contribution in [-0.4, -0.2) is 80.5 Å². The van der Waals surface area contributed by atoms with Crippen molar-refractivity contribution in [3.63, 3.8) is 0 Å². The molecule has 0 aromatic heterocycles. The van der Waals surface area contributed by atoms with Gasteiger partial charge in [0.05, 0.1) is 13.2 Å². The lowest BCUT2D eigenvalue weighted by Gasteiger charge is -2.41. The third kappa shape index (κ3) is 3.02. The Labute approximate surface area is 122 Å². The molecule has 0 saturated carbocycles. The van der Waals surface area contributed by atoms with E-state index in [1.165, 1.54) is 25.9 Å². The van der Waals surface area contributed by atoms with Crippen LogP contribution in [0.5, 0.6) is 0 Å². The van der Waals surface area contributed by atoms with E-state index in [4.69, 9.17) is 15.2 Å². The molecule has 3 heterocycles. The fourth-order valence-electron chi connectivity index (χ4n) is 4.06. The molecule has 0 radical (unpaired) electrons. The van der Waals surface area contributed by atoms with Crippen LogP contribution in [0.15, 0.2) is 0 Å². The van der Waals surface area contributed by atoms with Crippen molar-refractivity contribution in [3.05, 3.63) is 0 Å². The van der Waals surface area contributed by atoms with Crippen molar-refractivity contribution in [1.82, 2.24) is 9.80 Å². The predicted molar refractivity (Wildman–Crippen MR) is 78.8 cm³/mol. The lowest BCUT2D eigenvalue weighted by atomic mass is 9.89. The van der Waals surface area contributed by atoms with E-state index in [1.54, 1.807) is 0 Å². The van der Waals surface area contributed by atoms with E-state index in [2.05, 4.69) is 9.80 Å². The first-order chi connectivity index (χ1) is 9.84. The molecule has 2 unspecified atom stereocenters. The molecule has 20 heavy (non-hydrogen) atoms. The zero-order valence-electron chi connectivity index (χ0n) is 12.6. The van der Waals surface area contributed by atoms with E-state index < -0.39 is 0 Å². The molecule has 0 bridgehead atoms. The number of morpholine rings is 1. The van der Waals surface area contributed by atoms with Crippen molar-refractivity contribution < 1.29 is 9.47 Å². The van der Waals surface area contributed by atoms with Gasteiger partial charge in [0.1, 0.15) is 0 Å². The summed E-state index contributed by atoms with van der Waals surface area (Å²) in [6, 6.07) is 0.700. The second-order valence-electron chi connectivity index (χ2n) is 6.43. The first kappa shape index (κ1) is 14.7. The lowest BCUT2D eigenvalue weighted by molar-refractivity contribution is 0.0134. The van der Waals surface area contributed by atoms with Gasteiger partial charge >= 0.3 is 0 Å². The van der Waals surface area contributed by atoms with Gasteiger partial charge in [-0.25, -0.2) is 0 Å². The van der Waals surface area contributed by atoms with Crippen LogP contribution < -0.4 is 5.73 Å². The van der Waals surface area contributed by atoms with Crippen molar-refractivity contribution in [2.24, 2.45) is 5.73 Å². The molecule has 116 valence electrons. The van der Waals surface area contributed by atoms with Crippen LogP contribution in [0.1, 0.15) is 25.7 Å². The summed E-state index contributed by atoms with van der Waals surface area (Å²) in [5, 5.41) is 0. The number of hydrogen-bond donors (Lipinski definition) is 1. The van der Waals surface area contributed by atoms with Crippen molar-refractivity contribution in [2.75, 3.05) is 59.2 Å². The van der Waals surface area contributed by atoms with Crippen LogP contribution in [0, 0.1) is 0 Å². The van der Waals surface area contributed by atoms with Crippen LogP contribution in [-0.2, 0) is 9.47 Å². The van der Waals surface area contributed by atoms with Gasteiger partial charge in [-0.1, -0.05) is 0 Å². The minimum absolute atomic E-state index is 0.192. The number of likely N-dealkylation sites (tertiary alicyclic amines) is 1. The van der Waals surface area contributed by atoms with Gasteiger partial charge in [0.2, 0.25) is 0 Å². The largest absolute Gasteiger partial charge is 0.381 e. The van der Waals surface area contributed by atoms with Crippen LogP contribution in [0.4, 0.5) is 0 Å². The molecule has 0 spiro atoms. The minimum atomic E-state index is 0.192. The summed E-state index contributed by atoms with van der Waals surface area (Å²) in [7, 11) is 0. The Morgan fingerprint density at radius 1 is 1.00 bits per heavy atom. The van der Waals surface area contributed by atoms with E-state index in [0.717, 1.165) is 58.9 Å². The quantitative estimate of drug-likeness (QED) is 0.807. The van der Waals surface area contributed by atoms with Gasteiger partial charge in [0.25, 0.3) is 0 Å². The molecule has 2 atom stereocenters. The highest BCUT2D eigenvalue weighted by Crippen LogP contribution is 2.32. The summed E-state index contributed by atoms with van der Waals surface area (Å²) in [6.45, 7) is 8.90. The first-order valence-corrected chi connectivity index (χ1v) is 8.19. The van der Waals surface area contributed by atoms with Crippen LogP contribution in [0.2, 0.25) is 0 Å². The van der Waals surface area contributed by atoms with Crippen molar-refractivity contribution in [2.45, 2.75) is 37.3 Å². The molecule has 3 aliphatic heterocycles. The first-order valence-electron chi connectivity index (χ1n) is 8.19. The molecule has 2 N–H and O–H groups in total. The number of rotatable bonds is 3. The van der Waals surface area contributed by atoms with Gasteiger partial charge in [-0.15, -0.1) is 0 Å². The SMILES string of the molecule is NCC1(N2CCC(N3CCOCC3)C2)CCCOCC1. The summed E-state index contributed by atoms with van der Waals surface area (Å²) >= 11 is 0. The molecule has 3 rings (SSSR count). The highest BCUT2D eigenvalue weighted by Gasteiger charge is 2.41. The predicted octanol–water partition coefficient (Wildman–Crippen LogP) is 0.291. The average molecular weight is 283 g/mol. The maximum absolute atomic E-state index is 6.18. The van der Waals surface area contributed by atoms with Gasteiger partial charge in [-0.05, 0) is 25.7 Å². The van der Waals surface area contributed by atoms with Gasteiger partial charge in [0.15, 0.2) is 0 Å². The fourth-order valence-corrected chi connectivity index (χ4v) is 4.06. The summed E-state index contributed by atoms with van der Waals surface area (Å²) in [6.07, 6.45) is 4.72. The molecule has 3 saturated heterocycles. The second-order valence-corrected chi connectivity index (χ2v) is 6.43. The summed E-state index contributed by atoms with van der Waals surface area (Å²) in [5.74, 6) is 0. The third-order valence-corrected chi connectivity index (χ3v) is 5.42. The van der Waals surface area contributed by atoms with E-state index in [-0.39, 0.29) is 5.54 Å². The lowest BCUT2D eigenvalue weighted by Crippen LogP contribution is -2.54. The number of hydrogen-bond acceptors (Lipinski definition) is 5. The van der Waals surface area contributed by atoms with Gasteiger partial charge < -0.3 is 15.2 Å². The number of nitrogens with two attached hydrogens (primary N) is 1. The molecule has 3 fully saturated rings. The molecule has 3 aliphatic rings.